The summed E-state index contributed by atoms with van der Waals surface area (Å²) in [4.78, 5) is 32.7. The van der Waals surface area contributed by atoms with Gasteiger partial charge in [-0.2, -0.15) is 0 Å². The van der Waals surface area contributed by atoms with E-state index in [1.54, 1.807) is 13.8 Å². The molecule has 0 radical (unpaired) electrons. The molecule has 0 fully saturated rings. The molecule has 11 heteroatoms. The van der Waals surface area contributed by atoms with Crippen molar-refractivity contribution in [3.63, 3.8) is 0 Å². The van der Waals surface area contributed by atoms with Crippen LogP contribution in [0.4, 0.5) is 9.59 Å². The lowest BCUT2D eigenvalue weighted by Crippen LogP contribution is -2.28. The number of carbonyl (C=O) groups excluding carboxylic acids is 2. The number of rotatable bonds is 4. The smallest absolute Gasteiger partial charge is 0.296 e. The lowest BCUT2D eigenvalue weighted by molar-refractivity contribution is 0.131. The molecule has 0 bridgehead atoms. The van der Waals surface area contributed by atoms with Gasteiger partial charge in [0.25, 0.3) is 0 Å². The van der Waals surface area contributed by atoms with Crippen LogP contribution in [0.5, 0.6) is 0 Å². The summed E-state index contributed by atoms with van der Waals surface area (Å²) in [5.41, 5.74) is 0. The van der Waals surface area contributed by atoms with E-state index in [9.17, 15) is 9.59 Å². The lowest BCUT2D eigenvalue weighted by Gasteiger charge is -2.19. The molecule has 1 unspecified atom stereocenters. The van der Waals surface area contributed by atoms with Gasteiger partial charge in [-0.15, -0.1) is 22.2 Å². The molecule has 0 aliphatic carbocycles. The SMILES string of the molecule is C=S(C)/C(C)=N/OC(=O)N(C)SN(C)C(=O)O/N=C(\C)SC. The summed E-state index contributed by atoms with van der Waals surface area (Å²) in [6.07, 6.45) is 2.22. The number of oxime groups is 2. The Morgan fingerprint density at radius 2 is 1.55 bits per heavy atom. The second-order valence-corrected chi connectivity index (χ2v) is 7.98. The monoisotopic (exact) mass is 368 g/mol. The maximum absolute atomic E-state index is 11.7. The first kappa shape index (κ1) is 20.8. The van der Waals surface area contributed by atoms with Gasteiger partial charge in [-0.05, 0) is 26.4 Å². The molecule has 0 saturated carbocycles. The van der Waals surface area contributed by atoms with Crippen LogP contribution in [0.2, 0.25) is 0 Å². The van der Waals surface area contributed by atoms with Crippen LogP contribution >= 0.6 is 34.4 Å². The number of nitrogens with zero attached hydrogens (tertiary/aromatic N) is 4. The van der Waals surface area contributed by atoms with E-state index >= 15 is 0 Å². The Labute approximate surface area is 141 Å². The standard InChI is InChI=1S/C11H20N4O4S3/c1-8(20-5)12-18-10(16)14(3)21-15(4)11(17)19-13-9(2)22(6)7/h6H2,1-5,7H3/b12-8+,13-9+. The highest BCUT2D eigenvalue weighted by Crippen LogP contribution is 2.15. The van der Waals surface area contributed by atoms with Crippen molar-refractivity contribution in [1.29, 1.82) is 0 Å². The van der Waals surface area contributed by atoms with Crippen molar-refractivity contribution in [1.82, 2.24) is 8.61 Å². The third-order valence-electron chi connectivity index (χ3n) is 2.06. The summed E-state index contributed by atoms with van der Waals surface area (Å²) in [6.45, 7) is 3.42. The summed E-state index contributed by atoms with van der Waals surface area (Å²) in [5, 5.41) is 8.49. The van der Waals surface area contributed by atoms with Crippen molar-refractivity contribution in [3.05, 3.63) is 0 Å². The van der Waals surface area contributed by atoms with Gasteiger partial charge in [-0.1, -0.05) is 16.2 Å². The Hall–Kier alpha value is -1.20. The minimum absolute atomic E-state index is 0.320. The number of thioether (sulfide) groups is 1. The zero-order valence-corrected chi connectivity index (χ0v) is 15.8. The topological polar surface area (TPSA) is 83.8 Å². The first-order valence-corrected chi connectivity index (χ1v) is 9.61. The second kappa shape index (κ2) is 10.5. The molecule has 0 rings (SSSR count). The van der Waals surface area contributed by atoms with Crippen molar-refractivity contribution < 1.29 is 19.3 Å². The minimum atomic E-state index is -0.724. The molecule has 0 aliphatic heterocycles. The molecule has 1 atom stereocenters. The highest BCUT2D eigenvalue weighted by Gasteiger charge is 2.19. The van der Waals surface area contributed by atoms with E-state index in [1.807, 2.05) is 12.5 Å². The molecule has 8 nitrogen and oxygen atoms in total. The molecule has 0 aliphatic rings. The summed E-state index contributed by atoms with van der Waals surface area (Å²) >= 11 is 2.15. The van der Waals surface area contributed by atoms with Gasteiger partial charge in [0.05, 0.1) is 12.1 Å². The van der Waals surface area contributed by atoms with E-state index in [2.05, 4.69) is 21.0 Å². The third-order valence-corrected chi connectivity index (χ3v) is 4.60. The summed E-state index contributed by atoms with van der Waals surface area (Å²) in [5.74, 6) is 3.78. The van der Waals surface area contributed by atoms with E-state index in [-0.39, 0.29) is 10.5 Å². The molecular weight excluding hydrogens is 348 g/mol. The van der Waals surface area contributed by atoms with Gasteiger partial charge in [0.1, 0.15) is 10.1 Å². The van der Waals surface area contributed by atoms with Crippen molar-refractivity contribution in [2.75, 3.05) is 26.6 Å². The van der Waals surface area contributed by atoms with Gasteiger partial charge < -0.3 is 0 Å². The average Bonchev–Trinajstić information content (AvgIpc) is 2.48. The summed E-state index contributed by atoms with van der Waals surface area (Å²) in [6, 6.07) is 0. The Kier molecular flexibility index (Phi) is 9.94. The molecule has 0 heterocycles. The van der Waals surface area contributed by atoms with Crippen LogP contribution in [-0.4, -0.2) is 63.4 Å². The van der Waals surface area contributed by atoms with Crippen LogP contribution in [0, 0.1) is 0 Å². The largest absolute Gasteiger partial charge is 0.447 e. The normalized spacial score (nSPS) is 13.4. The van der Waals surface area contributed by atoms with Crippen LogP contribution in [0.1, 0.15) is 13.8 Å². The van der Waals surface area contributed by atoms with Crippen LogP contribution in [0.3, 0.4) is 0 Å². The maximum atomic E-state index is 11.7. The van der Waals surface area contributed by atoms with E-state index in [0.29, 0.717) is 10.1 Å². The predicted octanol–water partition coefficient (Wildman–Crippen LogP) is 3.05. The van der Waals surface area contributed by atoms with E-state index < -0.39 is 12.2 Å². The molecule has 2 amide bonds. The van der Waals surface area contributed by atoms with Gasteiger partial charge in [0.15, 0.2) is 0 Å². The quantitative estimate of drug-likeness (QED) is 0.189. The Morgan fingerprint density at radius 1 is 1.09 bits per heavy atom. The fourth-order valence-electron chi connectivity index (χ4n) is 0.673. The molecule has 0 saturated heterocycles. The minimum Gasteiger partial charge on any atom is -0.296 e. The van der Waals surface area contributed by atoms with Gasteiger partial charge in [0.2, 0.25) is 0 Å². The highest BCUT2D eigenvalue weighted by molar-refractivity contribution is 8.26. The molecule has 0 spiro atoms. The Balaban J connectivity index is 4.42. The van der Waals surface area contributed by atoms with Crippen molar-refractivity contribution >= 4 is 62.5 Å². The van der Waals surface area contributed by atoms with Crippen LogP contribution in [-0.2, 0) is 9.68 Å². The Morgan fingerprint density at radius 3 is 1.95 bits per heavy atom. The molecular formula is C11H20N4O4S3. The van der Waals surface area contributed by atoms with Gasteiger partial charge in [-0.3, -0.25) is 9.68 Å². The van der Waals surface area contributed by atoms with Gasteiger partial charge >= 0.3 is 12.2 Å². The molecule has 0 aromatic rings. The van der Waals surface area contributed by atoms with Crippen LogP contribution < -0.4 is 0 Å². The third kappa shape index (κ3) is 8.29. The fraction of sp³-hybridized carbons (Fsp3) is 0.545. The molecule has 0 aromatic heterocycles. The number of hydrogen-bond donors (Lipinski definition) is 0. The molecule has 0 N–H and O–H groups in total. The van der Waals surface area contributed by atoms with Crippen molar-refractivity contribution in [2.24, 2.45) is 10.3 Å². The lowest BCUT2D eigenvalue weighted by atomic mass is 10.9. The second-order valence-electron chi connectivity index (χ2n) is 3.85. The molecule has 22 heavy (non-hydrogen) atoms. The Bertz CT molecular complexity index is 496. The van der Waals surface area contributed by atoms with Crippen LogP contribution in [0.25, 0.3) is 0 Å². The maximum Gasteiger partial charge on any atom is 0.447 e. The fourth-order valence-corrected chi connectivity index (χ4v) is 1.52. The number of amides is 2. The first-order chi connectivity index (χ1) is 10.2. The summed E-state index contributed by atoms with van der Waals surface area (Å²) < 4.78 is 2.20. The van der Waals surface area contributed by atoms with Crippen molar-refractivity contribution in [3.8, 4) is 0 Å². The van der Waals surface area contributed by atoms with E-state index in [4.69, 9.17) is 4.84 Å². The zero-order valence-electron chi connectivity index (χ0n) is 13.4. The zero-order chi connectivity index (χ0) is 17.3. The van der Waals surface area contributed by atoms with Gasteiger partial charge in [0, 0.05) is 14.1 Å². The molecule has 126 valence electrons. The number of hydrogen-bond acceptors (Lipinski definition) is 8. The van der Waals surface area contributed by atoms with Crippen LogP contribution in [0.15, 0.2) is 10.3 Å². The highest BCUT2D eigenvalue weighted by atomic mass is 32.2. The predicted molar refractivity (Wildman–Crippen MR) is 96.4 cm³/mol. The van der Waals surface area contributed by atoms with Gasteiger partial charge in [-0.25, -0.2) is 18.2 Å². The number of carbonyl (C=O) groups is 2. The van der Waals surface area contributed by atoms with Crippen molar-refractivity contribution in [2.45, 2.75) is 13.8 Å². The van der Waals surface area contributed by atoms with E-state index in [0.717, 1.165) is 20.7 Å². The summed E-state index contributed by atoms with van der Waals surface area (Å²) in [7, 11) is 2.56. The van der Waals surface area contributed by atoms with E-state index in [1.165, 1.54) is 25.9 Å². The first-order valence-electron chi connectivity index (χ1n) is 5.85. The average molecular weight is 369 g/mol. The molecule has 0 aromatic carbocycles.